The van der Waals surface area contributed by atoms with Gasteiger partial charge < -0.3 is 19.7 Å². The van der Waals surface area contributed by atoms with Crippen LogP contribution in [0.25, 0.3) is 0 Å². The number of benzene rings is 1. The summed E-state index contributed by atoms with van der Waals surface area (Å²) in [7, 11) is 5.44. The van der Waals surface area contributed by atoms with Crippen LogP contribution in [-0.4, -0.2) is 46.6 Å². The van der Waals surface area contributed by atoms with E-state index in [0.29, 0.717) is 0 Å². The zero-order chi connectivity index (χ0) is 13.8. The SMILES string of the molecule is CNCc1ccc(N2CC(OC)C(OC)C2)c(Br)c1. The van der Waals surface area contributed by atoms with Crippen LogP contribution in [0.15, 0.2) is 22.7 Å². The first-order valence-corrected chi connectivity index (χ1v) is 7.22. The molecular formula is C14H21BrN2O2. The van der Waals surface area contributed by atoms with E-state index in [4.69, 9.17) is 9.47 Å². The van der Waals surface area contributed by atoms with Gasteiger partial charge in [0, 0.05) is 38.3 Å². The van der Waals surface area contributed by atoms with Crippen LogP contribution in [0.1, 0.15) is 5.56 Å². The normalized spacial score (nSPS) is 23.1. The van der Waals surface area contributed by atoms with Gasteiger partial charge in [0.05, 0.1) is 5.69 Å². The molecule has 0 radical (unpaired) electrons. The second-order valence-electron chi connectivity index (χ2n) is 4.77. The molecule has 0 saturated carbocycles. The Hall–Kier alpha value is -0.620. The summed E-state index contributed by atoms with van der Waals surface area (Å²) in [6.45, 7) is 2.60. The molecule has 2 unspecified atom stereocenters. The van der Waals surface area contributed by atoms with E-state index < -0.39 is 0 Å². The van der Waals surface area contributed by atoms with E-state index in [1.807, 2.05) is 7.05 Å². The number of methoxy groups -OCH3 is 2. The molecular weight excluding hydrogens is 308 g/mol. The Balaban J connectivity index is 2.14. The fourth-order valence-corrected chi connectivity index (χ4v) is 3.19. The lowest BCUT2D eigenvalue weighted by atomic mass is 10.2. The Bertz CT molecular complexity index is 416. The number of hydrogen-bond donors (Lipinski definition) is 1. The maximum absolute atomic E-state index is 5.48. The van der Waals surface area contributed by atoms with Crippen molar-refractivity contribution >= 4 is 21.6 Å². The van der Waals surface area contributed by atoms with Gasteiger partial charge in [0.25, 0.3) is 0 Å². The monoisotopic (exact) mass is 328 g/mol. The topological polar surface area (TPSA) is 33.7 Å². The minimum Gasteiger partial charge on any atom is -0.377 e. The second-order valence-corrected chi connectivity index (χ2v) is 5.62. The highest BCUT2D eigenvalue weighted by Crippen LogP contribution is 2.31. The zero-order valence-corrected chi connectivity index (χ0v) is 13.2. The lowest BCUT2D eigenvalue weighted by Gasteiger charge is -2.20. The summed E-state index contributed by atoms with van der Waals surface area (Å²) >= 11 is 3.66. The molecule has 0 amide bonds. The summed E-state index contributed by atoms with van der Waals surface area (Å²) in [5, 5.41) is 3.16. The van der Waals surface area contributed by atoms with E-state index in [2.05, 4.69) is 44.3 Å². The quantitative estimate of drug-likeness (QED) is 0.896. The third-order valence-electron chi connectivity index (χ3n) is 3.55. The number of rotatable bonds is 5. The molecule has 1 aromatic rings. The molecule has 1 heterocycles. The van der Waals surface area contributed by atoms with E-state index in [-0.39, 0.29) is 12.2 Å². The molecule has 1 saturated heterocycles. The highest BCUT2D eigenvalue weighted by Gasteiger charge is 2.33. The number of nitrogens with one attached hydrogen (secondary N) is 1. The smallest absolute Gasteiger partial charge is 0.102 e. The van der Waals surface area contributed by atoms with Gasteiger partial charge in [0.15, 0.2) is 0 Å². The standard InChI is InChI=1S/C14H21BrN2O2/c1-16-7-10-4-5-12(11(15)6-10)17-8-13(18-2)14(9-17)19-3/h4-6,13-14,16H,7-9H2,1-3H3. The average molecular weight is 329 g/mol. The molecule has 106 valence electrons. The average Bonchev–Trinajstić information content (AvgIpc) is 2.82. The molecule has 1 aliphatic rings. The first kappa shape index (κ1) is 14.8. The van der Waals surface area contributed by atoms with Crippen LogP contribution < -0.4 is 10.2 Å². The van der Waals surface area contributed by atoms with Crippen molar-refractivity contribution in [2.24, 2.45) is 0 Å². The molecule has 2 atom stereocenters. The number of halogens is 1. The first-order chi connectivity index (χ1) is 9.19. The number of anilines is 1. The van der Waals surface area contributed by atoms with E-state index in [1.54, 1.807) is 14.2 Å². The van der Waals surface area contributed by atoms with Crippen LogP contribution in [0.5, 0.6) is 0 Å². The van der Waals surface area contributed by atoms with Gasteiger partial charge in [-0.1, -0.05) is 6.07 Å². The molecule has 0 aliphatic carbocycles. The summed E-state index contributed by atoms with van der Waals surface area (Å²) in [5.74, 6) is 0. The lowest BCUT2D eigenvalue weighted by molar-refractivity contribution is -0.00461. The van der Waals surface area contributed by atoms with Crippen LogP contribution in [0.4, 0.5) is 5.69 Å². The summed E-state index contributed by atoms with van der Waals surface area (Å²) in [6.07, 6.45) is 0.266. The summed E-state index contributed by atoms with van der Waals surface area (Å²) < 4.78 is 12.1. The van der Waals surface area contributed by atoms with Crippen molar-refractivity contribution in [3.63, 3.8) is 0 Å². The molecule has 1 aliphatic heterocycles. The Morgan fingerprint density at radius 3 is 2.37 bits per heavy atom. The molecule has 2 rings (SSSR count). The summed E-state index contributed by atoms with van der Waals surface area (Å²) in [4.78, 5) is 2.30. The van der Waals surface area contributed by atoms with Crippen LogP contribution >= 0.6 is 15.9 Å². The van der Waals surface area contributed by atoms with Gasteiger partial charge in [-0.2, -0.15) is 0 Å². The molecule has 5 heteroatoms. The van der Waals surface area contributed by atoms with Crippen LogP contribution in [-0.2, 0) is 16.0 Å². The van der Waals surface area contributed by atoms with Gasteiger partial charge in [-0.3, -0.25) is 0 Å². The van der Waals surface area contributed by atoms with Crippen molar-refractivity contribution < 1.29 is 9.47 Å². The summed E-state index contributed by atoms with van der Waals surface area (Å²) in [6, 6.07) is 6.47. The van der Waals surface area contributed by atoms with Crippen molar-refractivity contribution in [2.75, 3.05) is 39.3 Å². The fourth-order valence-electron chi connectivity index (χ4n) is 2.51. The van der Waals surface area contributed by atoms with E-state index >= 15 is 0 Å². The third kappa shape index (κ3) is 3.28. The van der Waals surface area contributed by atoms with Crippen LogP contribution in [0, 0.1) is 0 Å². The van der Waals surface area contributed by atoms with Gasteiger partial charge in [-0.05, 0) is 40.7 Å². The lowest BCUT2D eigenvalue weighted by Crippen LogP contribution is -2.27. The number of nitrogens with zero attached hydrogens (tertiary/aromatic N) is 1. The summed E-state index contributed by atoms with van der Waals surface area (Å²) in [5.41, 5.74) is 2.46. The second kappa shape index (κ2) is 6.70. The van der Waals surface area contributed by atoms with Crippen molar-refractivity contribution in [2.45, 2.75) is 18.8 Å². The predicted octanol–water partition coefficient (Wildman–Crippen LogP) is 2.02. The Morgan fingerprint density at radius 1 is 1.26 bits per heavy atom. The van der Waals surface area contributed by atoms with Gasteiger partial charge in [-0.25, -0.2) is 0 Å². The number of hydrogen-bond acceptors (Lipinski definition) is 4. The van der Waals surface area contributed by atoms with Crippen LogP contribution in [0.3, 0.4) is 0 Å². The molecule has 1 aromatic carbocycles. The Morgan fingerprint density at radius 2 is 1.89 bits per heavy atom. The molecule has 19 heavy (non-hydrogen) atoms. The third-order valence-corrected chi connectivity index (χ3v) is 4.19. The minimum absolute atomic E-state index is 0.133. The highest BCUT2D eigenvalue weighted by atomic mass is 79.9. The predicted molar refractivity (Wildman–Crippen MR) is 80.7 cm³/mol. The van der Waals surface area contributed by atoms with Crippen molar-refractivity contribution in [1.29, 1.82) is 0 Å². The molecule has 4 nitrogen and oxygen atoms in total. The molecule has 0 spiro atoms. The zero-order valence-electron chi connectivity index (χ0n) is 11.6. The maximum Gasteiger partial charge on any atom is 0.102 e. The van der Waals surface area contributed by atoms with E-state index in [9.17, 15) is 0 Å². The number of ether oxygens (including phenoxy) is 2. The Labute approximate surface area is 123 Å². The molecule has 0 bridgehead atoms. The highest BCUT2D eigenvalue weighted by molar-refractivity contribution is 9.10. The first-order valence-electron chi connectivity index (χ1n) is 6.43. The maximum atomic E-state index is 5.48. The van der Waals surface area contributed by atoms with E-state index in [1.165, 1.54) is 11.3 Å². The van der Waals surface area contributed by atoms with Crippen molar-refractivity contribution in [3.8, 4) is 0 Å². The van der Waals surface area contributed by atoms with E-state index in [0.717, 1.165) is 24.1 Å². The Kier molecular flexibility index (Phi) is 5.21. The fraction of sp³-hybridized carbons (Fsp3) is 0.571. The largest absolute Gasteiger partial charge is 0.377 e. The minimum atomic E-state index is 0.133. The molecule has 1 N–H and O–H groups in total. The van der Waals surface area contributed by atoms with Crippen LogP contribution in [0.2, 0.25) is 0 Å². The molecule has 0 aromatic heterocycles. The van der Waals surface area contributed by atoms with Gasteiger partial charge in [0.2, 0.25) is 0 Å². The van der Waals surface area contributed by atoms with Crippen molar-refractivity contribution in [1.82, 2.24) is 5.32 Å². The van der Waals surface area contributed by atoms with Gasteiger partial charge >= 0.3 is 0 Å². The van der Waals surface area contributed by atoms with Gasteiger partial charge in [-0.15, -0.1) is 0 Å². The molecule has 1 fully saturated rings. The van der Waals surface area contributed by atoms with Gasteiger partial charge in [0.1, 0.15) is 12.2 Å². The van der Waals surface area contributed by atoms with Crippen molar-refractivity contribution in [3.05, 3.63) is 28.2 Å².